The fourth-order valence-electron chi connectivity index (χ4n) is 2.22. The van der Waals surface area contributed by atoms with E-state index in [2.05, 4.69) is 33.0 Å². The average molecular weight is 229 g/mol. The van der Waals surface area contributed by atoms with Crippen LogP contribution in [0.25, 0.3) is 0 Å². The zero-order valence-electron chi connectivity index (χ0n) is 11.9. The van der Waals surface area contributed by atoms with Gasteiger partial charge in [-0.2, -0.15) is 0 Å². The zero-order chi connectivity index (χ0) is 12.4. The van der Waals surface area contributed by atoms with Gasteiger partial charge in [0.1, 0.15) is 0 Å². The van der Waals surface area contributed by atoms with Crippen molar-refractivity contribution in [3.05, 3.63) is 0 Å². The smallest absolute Gasteiger partial charge is 0.0543 e. The molecule has 0 heterocycles. The minimum absolute atomic E-state index is 0.389. The Morgan fingerprint density at radius 1 is 1.06 bits per heavy atom. The van der Waals surface area contributed by atoms with Crippen molar-refractivity contribution in [1.29, 1.82) is 0 Å². The molecule has 0 saturated carbocycles. The Bertz CT molecular complexity index is 146. The van der Waals surface area contributed by atoms with Gasteiger partial charge in [-0.05, 0) is 38.6 Å². The van der Waals surface area contributed by atoms with Gasteiger partial charge in [-0.15, -0.1) is 0 Å². The molecule has 2 heteroatoms. The van der Waals surface area contributed by atoms with Crippen LogP contribution in [-0.4, -0.2) is 25.8 Å². The molecule has 0 aliphatic carbocycles. The van der Waals surface area contributed by atoms with E-state index >= 15 is 0 Å². The van der Waals surface area contributed by atoms with E-state index in [0.717, 1.165) is 18.9 Å². The highest BCUT2D eigenvalue weighted by Crippen LogP contribution is 2.18. The van der Waals surface area contributed by atoms with Gasteiger partial charge in [-0.1, -0.05) is 33.6 Å². The molecule has 2 unspecified atom stereocenters. The molecule has 98 valence electrons. The first-order chi connectivity index (χ1) is 7.69. The first-order valence-electron chi connectivity index (χ1n) is 6.95. The number of hydrogen-bond acceptors (Lipinski definition) is 2. The topological polar surface area (TPSA) is 21.3 Å². The second-order valence-electron chi connectivity index (χ2n) is 4.76. The van der Waals surface area contributed by atoms with Gasteiger partial charge in [0.2, 0.25) is 0 Å². The fourth-order valence-corrected chi connectivity index (χ4v) is 2.22. The largest absolute Gasteiger partial charge is 0.382 e. The summed E-state index contributed by atoms with van der Waals surface area (Å²) in [7, 11) is 1.80. The highest BCUT2D eigenvalue weighted by Gasteiger charge is 2.18. The summed E-state index contributed by atoms with van der Waals surface area (Å²) in [5, 5.41) is 3.70. The number of ether oxygens (including phenoxy) is 1. The lowest BCUT2D eigenvalue weighted by Crippen LogP contribution is -2.37. The van der Waals surface area contributed by atoms with Crippen molar-refractivity contribution in [1.82, 2.24) is 5.32 Å². The molecule has 0 aliphatic rings. The minimum atomic E-state index is 0.389. The van der Waals surface area contributed by atoms with Crippen molar-refractivity contribution < 1.29 is 4.74 Å². The van der Waals surface area contributed by atoms with Gasteiger partial charge in [-0.25, -0.2) is 0 Å². The molecule has 0 aromatic rings. The lowest BCUT2D eigenvalue weighted by molar-refractivity contribution is 0.103. The Morgan fingerprint density at radius 2 is 1.69 bits per heavy atom. The first-order valence-corrected chi connectivity index (χ1v) is 6.95. The molecule has 0 spiro atoms. The molecule has 2 atom stereocenters. The van der Waals surface area contributed by atoms with E-state index in [1.54, 1.807) is 7.11 Å². The van der Waals surface area contributed by atoms with Crippen LogP contribution in [0.5, 0.6) is 0 Å². The molecule has 0 bridgehead atoms. The Hall–Kier alpha value is -0.0800. The van der Waals surface area contributed by atoms with E-state index in [4.69, 9.17) is 4.74 Å². The fraction of sp³-hybridized carbons (Fsp3) is 1.00. The van der Waals surface area contributed by atoms with Crippen LogP contribution in [0.2, 0.25) is 0 Å². The number of rotatable bonds is 10. The summed E-state index contributed by atoms with van der Waals surface area (Å²) >= 11 is 0. The first kappa shape index (κ1) is 15.9. The lowest BCUT2D eigenvalue weighted by Gasteiger charge is -2.27. The van der Waals surface area contributed by atoms with Crippen LogP contribution >= 0.6 is 0 Å². The summed E-state index contributed by atoms with van der Waals surface area (Å²) in [4.78, 5) is 0. The van der Waals surface area contributed by atoms with Gasteiger partial charge in [0.25, 0.3) is 0 Å². The molecule has 0 saturated heterocycles. The summed E-state index contributed by atoms with van der Waals surface area (Å²) in [6.07, 6.45) is 6.56. The SMILES string of the molecule is CCCNC(CCC(C)OC)C(CC)CC. The van der Waals surface area contributed by atoms with E-state index in [1.165, 1.54) is 25.7 Å². The maximum atomic E-state index is 5.32. The third-order valence-electron chi connectivity index (χ3n) is 3.56. The molecule has 1 N–H and O–H groups in total. The summed E-state index contributed by atoms with van der Waals surface area (Å²) in [6.45, 7) is 10.1. The molecule has 0 fully saturated rings. The van der Waals surface area contributed by atoms with Gasteiger partial charge < -0.3 is 10.1 Å². The zero-order valence-corrected chi connectivity index (χ0v) is 11.9. The van der Waals surface area contributed by atoms with Gasteiger partial charge in [0, 0.05) is 13.2 Å². The van der Waals surface area contributed by atoms with Crippen LogP contribution in [0.4, 0.5) is 0 Å². The van der Waals surface area contributed by atoms with Gasteiger partial charge in [0.05, 0.1) is 6.10 Å². The van der Waals surface area contributed by atoms with Crippen molar-refractivity contribution in [2.24, 2.45) is 5.92 Å². The molecule has 0 aromatic carbocycles. The van der Waals surface area contributed by atoms with Crippen LogP contribution in [0.15, 0.2) is 0 Å². The predicted molar refractivity (Wildman–Crippen MR) is 71.9 cm³/mol. The molecule has 0 aromatic heterocycles. The van der Waals surface area contributed by atoms with Gasteiger partial charge >= 0.3 is 0 Å². The monoisotopic (exact) mass is 229 g/mol. The lowest BCUT2D eigenvalue weighted by atomic mass is 9.90. The second-order valence-corrected chi connectivity index (χ2v) is 4.76. The Kier molecular flexibility index (Phi) is 10.0. The molecule has 0 radical (unpaired) electrons. The van der Waals surface area contributed by atoms with Crippen LogP contribution in [0.1, 0.15) is 59.8 Å². The highest BCUT2D eigenvalue weighted by molar-refractivity contribution is 4.75. The van der Waals surface area contributed by atoms with Crippen molar-refractivity contribution >= 4 is 0 Å². The van der Waals surface area contributed by atoms with Crippen molar-refractivity contribution in [3.63, 3.8) is 0 Å². The highest BCUT2D eigenvalue weighted by atomic mass is 16.5. The molecule has 0 rings (SSSR count). The molecular weight excluding hydrogens is 198 g/mol. The van der Waals surface area contributed by atoms with Crippen LogP contribution in [0, 0.1) is 5.92 Å². The summed E-state index contributed by atoms with van der Waals surface area (Å²) in [6, 6.07) is 0.674. The van der Waals surface area contributed by atoms with Crippen molar-refractivity contribution in [3.8, 4) is 0 Å². The van der Waals surface area contributed by atoms with E-state index < -0.39 is 0 Å². The predicted octanol–water partition coefficient (Wildman–Crippen LogP) is 3.61. The number of hydrogen-bond donors (Lipinski definition) is 1. The summed E-state index contributed by atoms with van der Waals surface area (Å²) < 4.78 is 5.32. The molecular formula is C14H31NO. The molecule has 2 nitrogen and oxygen atoms in total. The van der Waals surface area contributed by atoms with Gasteiger partial charge in [-0.3, -0.25) is 0 Å². The van der Waals surface area contributed by atoms with E-state index in [-0.39, 0.29) is 0 Å². The van der Waals surface area contributed by atoms with Crippen LogP contribution in [0.3, 0.4) is 0 Å². The number of nitrogens with one attached hydrogen (secondary N) is 1. The third-order valence-corrected chi connectivity index (χ3v) is 3.56. The molecule has 0 aliphatic heterocycles. The number of methoxy groups -OCH3 is 1. The quantitative estimate of drug-likeness (QED) is 0.618. The van der Waals surface area contributed by atoms with Crippen molar-refractivity contribution in [2.75, 3.05) is 13.7 Å². The second kappa shape index (κ2) is 10.1. The minimum Gasteiger partial charge on any atom is -0.382 e. The summed E-state index contributed by atoms with van der Waals surface area (Å²) in [5.41, 5.74) is 0. The standard InChI is InChI=1S/C14H31NO/c1-6-11-15-14(13(7-2)8-3)10-9-12(4)16-5/h12-15H,6-11H2,1-5H3. The molecule has 16 heavy (non-hydrogen) atoms. The Labute approximate surface area is 102 Å². The molecule has 0 amide bonds. The van der Waals surface area contributed by atoms with E-state index in [1.807, 2.05) is 0 Å². The maximum absolute atomic E-state index is 5.32. The van der Waals surface area contributed by atoms with Crippen molar-refractivity contribution in [2.45, 2.75) is 71.9 Å². The van der Waals surface area contributed by atoms with Crippen LogP contribution < -0.4 is 5.32 Å². The van der Waals surface area contributed by atoms with Crippen LogP contribution in [-0.2, 0) is 4.74 Å². The van der Waals surface area contributed by atoms with E-state index in [0.29, 0.717) is 12.1 Å². The average Bonchev–Trinajstić information content (AvgIpc) is 2.32. The Balaban J connectivity index is 4.07. The summed E-state index contributed by atoms with van der Waals surface area (Å²) in [5.74, 6) is 0.815. The van der Waals surface area contributed by atoms with E-state index in [9.17, 15) is 0 Å². The van der Waals surface area contributed by atoms with Gasteiger partial charge in [0.15, 0.2) is 0 Å². The normalized spacial score (nSPS) is 15.4. The third kappa shape index (κ3) is 6.49. The maximum Gasteiger partial charge on any atom is 0.0543 e. The Morgan fingerprint density at radius 3 is 2.12 bits per heavy atom.